The first-order valence-corrected chi connectivity index (χ1v) is 11.5. The molecule has 1 saturated heterocycles. The Morgan fingerprint density at radius 3 is 2.43 bits per heavy atom. The Labute approximate surface area is 181 Å². The van der Waals surface area contributed by atoms with E-state index in [1.807, 2.05) is 42.6 Å². The Bertz CT molecular complexity index is 957. The molecule has 2 aliphatic rings. The van der Waals surface area contributed by atoms with Crippen LogP contribution in [0.5, 0.6) is 5.75 Å². The number of likely N-dealkylation sites (tertiary alicyclic amines) is 1. The summed E-state index contributed by atoms with van der Waals surface area (Å²) in [5, 5.41) is 1.94. The molecule has 2 aliphatic heterocycles. The molecule has 0 N–H and O–H groups in total. The van der Waals surface area contributed by atoms with Gasteiger partial charge >= 0.3 is 0 Å². The fourth-order valence-corrected chi connectivity index (χ4v) is 5.26. The number of hydrogen-bond acceptors (Lipinski definition) is 5. The summed E-state index contributed by atoms with van der Waals surface area (Å²) in [6.07, 6.45) is 1.99. The Hall–Kier alpha value is -2.60. The van der Waals surface area contributed by atoms with Crippen LogP contribution in [0, 0.1) is 11.8 Å². The number of hydrogen-bond donors (Lipinski definition) is 0. The highest BCUT2D eigenvalue weighted by molar-refractivity contribution is 7.11. The van der Waals surface area contributed by atoms with Gasteiger partial charge in [0.1, 0.15) is 11.4 Å². The van der Waals surface area contributed by atoms with Crippen molar-refractivity contribution in [3.63, 3.8) is 0 Å². The lowest BCUT2D eigenvalue weighted by atomic mass is 9.91. The van der Waals surface area contributed by atoms with Crippen molar-refractivity contribution < 1.29 is 14.3 Å². The lowest BCUT2D eigenvalue weighted by molar-refractivity contribution is -0.120. The van der Waals surface area contributed by atoms with Gasteiger partial charge in [-0.25, -0.2) is 4.90 Å². The van der Waals surface area contributed by atoms with Crippen molar-refractivity contribution in [2.24, 2.45) is 11.8 Å². The molecule has 1 fully saturated rings. The first-order valence-electron chi connectivity index (χ1n) is 10.6. The lowest BCUT2D eigenvalue weighted by Gasteiger charge is -2.37. The minimum absolute atomic E-state index is 0.253. The number of nitrogens with zero attached hydrogens (tertiary/aromatic N) is 2. The largest absolute Gasteiger partial charge is 0.491 e. The number of benzene rings is 1. The fraction of sp³-hybridized carbons (Fsp3) is 0.417. The van der Waals surface area contributed by atoms with Crippen molar-refractivity contribution in [2.45, 2.75) is 33.6 Å². The van der Waals surface area contributed by atoms with Crippen LogP contribution in [0.25, 0.3) is 5.57 Å². The molecule has 4 rings (SSSR count). The zero-order chi connectivity index (χ0) is 21.3. The van der Waals surface area contributed by atoms with Crippen LogP contribution < -0.4 is 9.64 Å². The molecule has 2 atom stereocenters. The Balaban J connectivity index is 1.78. The molecule has 5 nitrogen and oxygen atoms in total. The van der Waals surface area contributed by atoms with Crippen molar-refractivity contribution in [3.05, 3.63) is 52.4 Å². The average Bonchev–Trinajstić information content (AvgIpc) is 3.32. The molecule has 158 valence electrons. The van der Waals surface area contributed by atoms with Crippen LogP contribution in [-0.4, -0.2) is 36.4 Å². The number of ether oxygens (including phenoxy) is 1. The van der Waals surface area contributed by atoms with E-state index < -0.39 is 0 Å². The third-order valence-corrected chi connectivity index (χ3v) is 6.47. The van der Waals surface area contributed by atoms with Gasteiger partial charge in [0.15, 0.2) is 0 Å². The van der Waals surface area contributed by atoms with E-state index in [9.17, 15) is 9.59 Å². The minimum atomic E-state index is -0.268. The van der Waals surface area contributed by atoms with Crippen molar-refractivity contribution >= 4 is 34.4 Å². The highest BCUT2D eigenvalue weighted by Crippen LogP contribution is 2.41. The van der Waals surface area contributed by atoms with Gasteiger partial charge in [0, 0.05) is 18.0 Å². The summed E-state index contributed by atoms with van der Waals surface area (Å²) >= 11 is 1.50. The van der Waals surface area contributed by atoms with Gasteiger partial charge in [0.25, 0.3) is 11.8 Å². The first-order chi connectivity index (χ1) is 14.5. The molecule has 2 unspecified atom stereocenters. The maximum atomic E-state index is 13.7. The minimum Gasteiger partial charge on any atom is -0.491 e. The Kier molecular flexibility index (Phi) is 5.95. The lowest BCUT2D eigenvalue weighted by Crippen LogP contribution is -2.42. The van der Waals surface area contributed by atoms with E-state index >= 15 is 0 Å². The number of carbonyl (C=O) groups is 2. The van der Waals surface area contributed by atoms with Gasteiger partial charge < -0.3 is 9.64 Å². The van der Waals surface area contributed by atoms with Gasteiger partial charge in [0.05, 0.1) is 17.9 Å². The summed E-state index contributed by atoms with van der Waals surface area (Å²) in [6, 6.07) is 11.1. The van der Waals surface area contributed by atoms with Crippen molar-refractivity contribution in [2.75, 3.05) is 24.6 Å². The predicted molar refractivity (Wildman–Crippen MR) is 120 cm³/mol. The van der Waals surface area contributed by atoms with Gasteiger partial charge in [-0.05, 0) is 48.3 Å². The molecule has 0 bridgehead atoms. The zero-order valence-electron chi connectivity index (χ0n) is 17.8. The van der Waals surface area contributed by atoms with Gasteiger partial charge in [0.2, 0.25) is 0 Å². The second kappa shape index (κ2) is 8.64. The zero-order valence-corrected chi connectivity index (χ0v) is 18.6. The summed E-state index contributed by atoms with van der Waals surface area (Å²) in [4.78, 5) is 31.6. The van der Waals surface area contributed by atoms with Crippen LogP contribution in [0.4, 0.5) is 5.69 Å². The third kappa shape index (κ3) is 3.76. The number of imide groups is 1. The summed E-state index contributed by atoms with van der Waals surface area (Å²) < 4.78 is 5.86. The van der Waals surface area contributed by atoms with Gasteiger partial charge in [-0.1, -0.05) is 39.0 Å². The van der Waals surface area contributed by atoms with Crippen molar-refractivity contribution in [3.8, 4) is 5.75 Å². The number of piperidine rings is 1. The molecule has 0 spiro atoms. The Morgan fingerprint density at radius 1 is 1.03 bits per heavy atom. The van der Waals surface area contributed by atoms with Gasteiger partial charge in [-0.2, -0.15) is 0 Å². The molecule has 0 aliphatic carbocycles. The molecule has 1 aromatic heterocycles. The second-order valence-corrected chi connectivity index (χ2v) is 9.26. The number of rotatable bonds is 6. The molecule has 1 aromatic carbocycles. The standard InChI is InChI=1S/C24H28N2O3S/c1-4-11-29-19-9-6-5-8-18(19)26-23(27)21(20-10-7-12-30-20)22(24(26)28)25-14-16(2)13-17(3)15-25/h5-10,12,16-17H,4,11,13-15H2,1-3H3. The fourth-order valence-electron chi connectivity index (χ4n) is 4.49. The number of para-hydroxylation sites is 2. The first kappa shape index (κ1) is 20.7. The number of thiophene rings is 1. The highest BCUT2D eigenvalue weighted by atomic mass is 32.1. The number of anilines is 1. The third-order valence-electron chi connectivity index (χ3n) is 5.58. The van der Waals surface area contributed by atoms with Crippen LogP contribution in [-0.2, 0) is 9.59 Å². The van der Waals surface area contributed by atoms with Gasteiger partial charge in [-0.15, -0.1) is 11.3 Å². The average molecular weight is 425 g/mol. The maximum absolute atomic E-state index is 13.7. The van der Waals surface area contributed by atoms with E-state index in [4.69, 9.17) is 4.74 Å². The molecular weight excluding hydrogens is 396 g/mol. The van der Waals surface area contributed by atoms with E-state index in [1.165, 1.54) is 16.2 Å². The van der Waals surface area contributed by atoms with E-state index in [-0.39, 0.29) is 11.8 Å². The summed E-state index contributed by atoms with van der Waals surface area (Å²) in [5.74, 6) is 0.993. The highest BCUT2D eigenvalue weighted by Gasteiger charge is 2.44. The molecule has 0 saturated carbocycles. The number of amides is 2. The van der Waals surface area contributed by atoms with Gasteiger partial charge in [-0.3, -0.25) is 9.59 Å². The number of carbonyl (C=O) groups excluding carboxylic acids is 2. The molecule has 30 heavy (non-hydrogen) atoms. The molecule has 6 heteroatoms. The van der Waals surface area contributed by atoms with Crippen LogP contribution in [0.1, 0.15) is 38.5 Å². The Morgan fingerprint density at radius 2 is 1.77 bits per heavy atom. The monoisotopic (exact) mass is 424 g/mol. The topological polar surface area (TPSA) is 49.9 Å². The molecule has 3 heterocycles. The van der Waals surface area contributed by atoms with Crippen molar-refractivity contribution in [1.29, 1.82) is 0 Å². The van der Waals surface area contributed by atoms with Crippen LogP contribution >= 0.6 is 11.3 Å². The summed E-state index contributed by atoms with van der Waals surface area (Å²) in [7, 11) is 0. The summed E-state index contributed by atoms with van der Waals surface area (Å²) in [5.41, 5.74) is 1.57. The normalized spacial score (nSPS) is 22.2. The van der Waals surface area contributed by atoms with E-state index in [2.05, 4.69) is 18.7 Å². The summed E-state index contributed by atoms with van der Waals surface area (Å²) in [6.45, 7) is 8.56. The molecule has 2 aromatic rings. The quantitative estimate of drug-likeness (QED) is 0.625. The van der Waals surface area contributed by atoms with E-state index in [0.29, 0.717) is 41.1 Å². The second-order valence-electron chi connectivity index (χ2n) is 8.31. The van der Waals surface area contributed by atoms with Crippen molar-refractivity contribution in [1.82, 2.24) is 4.90 Å². The smallest absolute Gasteiger partial charge is 0.282 e. The molecule has 2 amide bonds. The van der Waals surface area contributed by atoms with Crippen LogP contribution in [0.2, 0.25) is 0 Å². The maximum Gasteiger partial charge on any atom is 0.282 e. The van der Waals surface area contributed by atoms with E-state index in [1.54, 1.807) is 6.07 Å². The van der Waals surface area contributed by atoms with Crippen LogP contribution in [0.15, 0.2) is 47.5 Å². The molecular formula is C24H28N2O3S. The molecule has 0 radical (unpaired) electrons. The predicted octanol–water partition coefficient (Wildman–Crippen LogP) is 4.80. The SMILES string of the molecule is CCCOc1ccccc1N1C(=O)C(c2cccs2)=C(N2CC(C)CC(C)C2)C1=O. The van der Waals surface area contributed by atoms with Crippen LogP contribution in [0.3, 0.4) is 0 Å². The van der Waals surface area contributed by atoms with E-state index in [0.717, 1.165) is 30.8 Å².